The van der Waals surface area contributed by atoms with Gasteiger partial charge in [0.1, 0.15) is 4.88 Å². The predicted molar refractivity (Wildman–Crippen MR) is 57.4 cm³/mol. The zero-order valence-electron chi connectivity index (χ0n) is 6.94. The summed E-state index contributed by atoms with van der Waals surface area (Å²) in [6.45, 7) is 0. The number of rotatable bonds is 3. The van der Waals surface area contributed by atoms with Crippen molar-refractivity contribution in [2.24, 2.45) is 0 Å². The highest BCUT2D eigenvalue weighted by Gasteiger charge is 2.16. The van der Waals surface area contributed by atoms with Crippen molar-refractivity contribution in [2.45, 2.75) is 0 Å². The Morgan fingerprint density at radius 2 is 2.21 bits per heavy atom. The number of anilines is 1. The summed E-state index contributed by atoms with van der Waals surface area (Å²) in [5, 5.41) is 8.73. The molecule has 0 amide bonds. The first-order valence-corrected chi connectivity index (χ1v) is 6.80. The second-order valence-corrected chi connectivity index (χ2v) is 6.65. The third-order valence-corrected chi connectivity index (χ3v) is 3.41. The van der Waals surface area contributed by atoms with E-state index in [9.17, 15) is 13.2 Å². The second kappa shape index (κ2) is 3.87. The van der Waals surface area contributed by atoms with Gasteiger partial charge in [0.2, 0.25) is 10.0 Å². The quantitative estimate of drug-likeness (QED) is 0.887. The normalized spacial score (nSPS) is 11.3. The molecule has 1 aromatic heterocycles. The average Bonchev–Trinajstić information content (AvgIpc) is 2.27. The van der Waals surface area contributed by atoms with Gasteiger partial charge in [-0.15, -0.1) is 11.3 Å². The summed E-state index contributed by atoms with van der Waals surface area (Å²) in [6, 6.07) is 1.41. The van der Waals surface area contributed by atoms with E-state index in [2.05, 4.69) is 20.7 Å². The van der Waals surface area contributed by atoms with Gasteiger partial charge < -0.3 is 5.11 Å². The van der Waals surface area contributed by atoms with Crippen molar-refractivity contribution in [1.82, 2.24) is 0 Å². The van der Waals surface area contributed by atoms with Gasteiger partial charge in [-0.05, 0) is 22.0 Å². The number of carbonyl (C=O) groups is 1. The third kappa shape index (κ3) is 2.96. The molecule has 0 aliphatic heterocycles. The number of carboxylic acid groups (broad SMARTS) is 1. The molecular weight excluding hydrogens is 294 g/mol. The number of thiophene rings is 1. The van der Waals surface area contributed by atoms with Gasteiger partial charge in [-0.3, -0.25) is 4.72 Å². The van der Waals surface area contributed by atoms with Crippen LogP contribution in [0.15, 0.2) is 9.85 Å². The summed E-state index contributed by atoms with van der Waals surface area (Å²) >= 11 is 4.03. The molecule has 2 N–H and O–H groups in total. The summed E-state index contributed by atoms with van der Waals surface area (Å²) in [7, 11) is -3.45. The zero-order chi connectivity index (χ0) is 10.9. The van der Waals surface area contributed by atoms with Gasteiger partial charge in [-0.2, -0.15) is 0 Å². The molecule has 1 aromatic rings. The van der Waals surface area contributed by atoms with E-state index in [1.807, 2.05) is 0 Å². The Morgan fingerprint density at radius 3 is 2.64 bits per heavy atom. The van der Waals surface area contributed by atoms with E-state index in [4.69, 9.17) is 5.11 Å². The fourth-order valence-electron chi connectivity index (χ4n) is 0.795. The maximum atomic E-state index is 10.9. The van der Waals surface area contributed by atoms with Crippen LogP contribution in [0.25, 0.3) is 0 Å². The van der Waals surface area contributed by atoms with E-state index in [1.165, 1.54) is 6.07 Å². The molecule has 78 valence electrons. The zero-order valence-corrected chi connectivity index (χ0v) is 10.2. The smallest absolute Gasteiger partial charge is 0.348 e. The maximum absolute atomic E-state index is 10.9. The number of hydrogen-bond donors (Lipinski definition) is 2. The van der Waals surface area contributed by atoms with Crippen molar-refractivity contribution < 1.29 is 18.3 Å². The van der Waals surface area contributed by atoms with Gasteiger partial charge >= 0.3 is 5.97 Å². The number of nitrogens with one attached hydrogen (secondary N) is 1. The van der Waals surface area contributed by atoms with E-state index < -0.39 is 16.0 Å². The van der Waals surface area contributed by atoms with Crippen molar-refractivity contribution in [3.05, 3.63) is 14.7 Å². The topological polar surface area (TPSA) is 83.5 Å². The maximum Gasteiger partial charge on any atom is 0.348 e. The van der Waals surface area contributed by atoms with Crippen LogP contribution in [0.4, 0.5) is 5.69 Å². The molecule has 0 aromatic carbocycles. The predicted octanol–water partition coefficient (Wildman–Crippen LogP) is 1.58. The highest BCUT2D eigenvalue weighted by Crippen LogP contribution is 2.31. The van der Waals surface area contributed by atoms with Crippen LogP contribution in [0.5, 0.6) is 0 Å². The first-order chi connectivity index (χ1) is 6.29. The van der Waals surface area contributed by atoms with Gasteiger partial charge in [-0.25, -0.2) is 13.2 Å². The molecule has 0 aliphatic rings. The molecule has 1 heterocycles. The Balaban J connectivity index is 3.14. The molecule has 0 aliphatic carbocycles. The van der Waals surface area contributed by atoms with Crippen LogP contribution in [0.2, 0.25) is 0 Å². The summed E-state index contributed by atoms with van der Waals surface area (Å²) in [5.74, 6) is -1.16. The van der Waals surface area contributed by atoms with E-state index in [1.54, 1.807) is 0 Å². The monoisotopic (exact) mass is 299 g/mol. The Hall–Kier alpha value is -0.600. The van der Waals surface area contributed by atoms with Gasteiger partial charge in [0.05, 0.1) is 15.7 Å². The first kappa shape index (κ1) is 11.5. The molecule has 0 radical (unpaired) electrons. The lowest BCUT2D eigenvalue weighted by Gasteiger charge is -2.00. The number of hydrogen-bond acceptors (Lipinski definition) is 4. The van der Waals surface area contributed by atoms with Crippen LogP contribution in [0.3, 0.4) is 0 Å². The van der Waals surface area contributed by atoms with E-state index in [0.717, 1.165) is 17.6 Å². The summed E-state index contributed by atoms with van der Waals surface area (Å²) < 4.78 is 24.4. The Bertz CT molecular complexity index is 464. The lowest BCUT2D eigenvalue weighted by Crippen LogP contribution is -2.11. The van der Waals surface area contributed by atoms with Crippen LogP contribution in [-0.2, 0) is 10.0 Å². The number of sulfonamides is 1. The van der Waals surface area contributed by atoms with Crippen molar-refractivity contribution in [3.63, 3.8) is 0 Å². The average molecular weight is 300 g/mol. The summed E-state index contributed by atoms with van der Waals surface area (Å²) in [4.78, 5) is 10.6. The minimum absolute atomic E-state index is 0.0395. The van der Waals surface area contributed by atoms with Crippen molar-refractivity contribution in [2.75, 3.05) is 11.0 Å². The fraction of sp³-hybridized carbons (Fsp3) is 0.167. The molecule has 0 saturated carbocycles. The Morgan fingerprint density at radius 1 is 1.64 bits per heavy atom. The highest BCUT2D eigenvalue weighted by molar-refractivity contribution is 9.11. The standard InChI is InChI=1S/C6H6BrNO4S2/c1-14(11,12)8-3-2-4(7)13-5(3)6(9)10/h2,8H,1H3,(H,9,10). The molecule has 0 saturated heterocycles. The molecule has 0 bridgehead atoms. The molecular formula is C6H6BrNO4S2. The van der Waals surface area contributed by atoms with Crippen LogP contribution in [0.1, 0.15) is 9.67 Å². The van der Waals surface area contributed by atoms with E-state index >= 15 is 0 Å². The van der Waals surface area contributed by atoms with Gasteiger partial charge in [0.15, 0.2) is 0 Å². The van der Waals surface area contributed by atoms with Crippen molar-refractivity contribution >= 4 is 48.9 Å². The fourth-order valence-corrected chi connectivity index (χ4v) is 2.81. The molecule has 0 spiro atoms. The molecule has 0 atom stereocenters. The van der Waals surface area contributed by atoms with Gasteiger partial charge in [0.25, 0.3) is 0 Å². The number of halogens is 1. The van der Waals surface area contributed by atoms with Crippen LogP contribution >= 0.6 is 27.3 Å². The van der Waals surface area contributed by atoms with Crippen molar-refractivity contribution in [3.8, 4) is 0 Å². The molecule has 0 unspecified atom stereocenters. The number of carboxylic acids is 1. The second-order valence-electron chi connectivity index (χ2n) is 2.47. The molecule has 8 heteroatoms. The minimum Gasteiger partial charge on any atom is -0.477 e. The first-order valence-electron chi connectivity index (χ1n) is 3.30. The molecule has 5 nitrogen and oxygen atoms in total. The van der Waals surface area contributed by atoms with Gasteiger partial charge in [-0.1, -0.05) is 0 Å². The minimum atomic E-state index is -3.45. The SMILES string of the molecule is CS(=O)(=O)Nc1cc(Br)sc1C(=O)O. The highest BCUT2D eigenvalue weighted by atomic mass is 79.9. The van der Waals surface area contributed by atoms with Crippen molar-refractivity contribution in [1.29, 1.82) is 0 Å². The third-order valence-electron chi connectivity index (χ3n) is 1.19. The van der Waals surface area contributed by atoms with Crippen LogP contribution in [-0.4, -0.2) is 25.7 Å². The van der Waals surface area contributed by atoms with E-state index in [-0.39, 0.29) is 10.6 Å². The Labute approximate surface area is 92.9 Å². The molecule has 0 fully saturated rings. The Kier molecular flexibility index (Phi) is 3.17. The van der Waals surface area contributed by atoms with Crippen LogP contribution < -0.4 is 4.72 Å². The molecule has 14 heavy (non-hydrogen) atoms. The largest absolute Gasteiger partial charge is 0.477 e. The van der Waals surface area contributed by atoms with Gasteiger partial charge in [0, 0.05) is 0 Å². The van der Waals surface area contributed by atoms with E-state index in [0.29, 0.717) is 3.79 Å². The lowest BCUT2D eigenvalue weighted by atomic mass is 10.4. The number of aromatic carboxylic acids is 1. The van der Waals surface area contributed by atoms with Crippen LogP contribution in [0, 0.1) is 0 Å². The lowest BCUT2D eigenvalue weighted by molar-refractivity contribution is 0.0703. The molecule has 1 rings (SSSR count). The summed E-state index contributed by atoms with van der Waals surface area (Å²) in [5.41, 5.74) is 0.0804. The summed E-state index contributed by atoms with van der Waals surface area (Å²) in [6.07, 6.45) is 0.963.